The molecule has 0 radical (unpaired) electrons. The number of ether oxygens (including phenoxy) is 1. The Bertz CT molecular complexity index is 1100. The number of hydrogen-bond acceptors (Lipinski definition) is 5. The molecule has 3 N–H and O–H groups in total. The van der Waals surface area contributed by atoms with Crippen molar-refractivity contribution in [1.29, 1.82) is 0 Å². The molecular weight excluding hydrogens is 396 g/mol. The highest BCUT2D eigenvalue weighted by Crippen LogP contribution is 2.37. The average molecular weight is 421 g/mol. The van der Waals surface area contributed by atoms with Crippen LogP contribution in [0.25, 0.3) is 17.2 Å². The average Bonchev–Trinajstić information content (AvgIpc) is 3.13. The Morgan fingerprint density at radius 2 is 1.83 bits per heavy atom. The topological polar surface area (TPSA) is 81.4 Å². The molecule has 0 aliphatic rings. The first-order valence-electron chi connectivity index (χ1n) is 9.60. The third-order valence-corrected chi connectivity index (χ3v) is 5.58. The molecule has 3 rings (SSSR count). The van der Waals surface area contributed by atoms with Crippen molar-refractivity contribution in [3.8, 4) is 11.1 Å². The Morgan fingerprint density at radius 1 is 1.10 bits per heavy atom. The van der Waals surface area contributed by atoms with Crippen molar-refractivity contribution in [1.82, 2.24) is 0 Å². The van der Waals surface area contributed by atoms with E-state index < -0.39 is 5.97 Å². The standard InChI is InChI=1S/C24H24N2O3S/c1-4-29-24(28)22-20(18-9-5-15(2)16(3)13-18)14-30-23(22)26-21(27)12-8-17-6-10-19(25)11-7-17/h5-14H,4,25H2,1-3H3,(H,26,27)/b12-8+. The van der Waals surface area contributed by atoms with Crippen LogP contribution in [0.4, 0.5) is 10.7 Å². The smallest absolute Gasteiger partial charge is 0.341 e. The second-order valence-corrected chi connectivity index (χ2v) is 7.74. The summed E-state index contributed by atoms with van der Waals surface area (Å²) < 4.78 is 5.25. The number of aryl methyl sites for hydroxylation is 2. The first-order valence-corrected chi connectivity index (χ1v) is 10.5. The van der Waals surface area contributed by atoms with E-state index in [-0.39, 0.29) is 12.5 Å². The zero-order valence-corrected chi connectivity index (χ0v) is 18.0. The zero-order valence-electron chi connectivity index (χ0n) is 17.2. The summed E-state index contributed by atoms with van der Waals surface area (Å²) in [5.74, 6) is -0.782. The van der Waals surface area contributed by atoms with Crippen LogP contribution in [0.3, 0.4) is 0 Å². The highest BCUT2D eigenvalue weighted by Gasteiger charge is 2.22. The van der Waals surface area contributed by atoms with Crippen LogP contribution < -0.4 is 11.1 Å². The molecule has 0 saturated carbocycles. The lowest BCUT2D eigenvalue weighted by Gasteiger charge is -2.09. The minimum Gasteiger partial charge on any atom is -0.462 e. The van der Waals surface area contributed by atoms with Gasteiger partial charge < -0.3 is 15.8 Å². The first-order chi connectivity index (χ1) is 14.4. The second-order valence-electron chi connectivity index (χ2n) is 6.86. The highest BCUT2D eigenvalue weighted by molar-refractivity contribution is 7.15. The molecule has 0 spiro atoms. The van der Waals surface area contributed by atoms with Gasteiger partial charge in [0, 0.05) is 22.7 Å². The Labute approximate surface area is 180 Å². The van der Waals surface area contributed by atoms with Gasteiger partial charge in [-0.15, -0.1) is 11.3 Å². The summed E-state index contributed by atoms with van der Waals surface area (Å²) in [6.45, 7) is 6.08. The molecule has 5 nitrogen and oxygen atoms in total. The van der Waals surface area contributed by atoms with Gasteiger partial charge in [-0.1, -0.05) is 30.3 Å². The predicted octanol–water partition coefficient (Wildman–Crippen LogP) is 5.44. The van der Waals surface area contributed by atoms with Crippen molar-refractivity contribution < 1.29 is 14.3 Å². The number of carbonyl (C=O) groups is 2. The number of benzene rings is 2. The van der Waals surface area contributed by atoms with Gasteiger partial charge in [-0.05, 0) is 61.2 Å². The number of nitrogens with two attached hydrogens (primary N) is 1. The molecule has 0 unspecified atom stereocenters. The summed E-state index contributed by atoms with van der Waals surface area (Å²) in [5.41, 5.74) is 11.5. The van der Waals surface area contributed by atoms with E-state index in [1.807, 2.05) is 49.6 Å². The van der Waals surface area contributed by atoms with Crippen LogP contribution in [0.15, 0.2) is 53.9 Å². The molecular formula is C24H24N2O3S. The third kappa shape index (κ3) is 4.96. The molecule has 0 saturated heterocycles. The maximum absolute atomic E-state index is 12.7. The first kappa shape index (κ1) is 21.3. The normalized spacial score (nSPS) is 10.9. The number of amides is 1. The minimum atomic E-state index is -0.454. The molecule has 2 aromatic carbocycles. The molecule has 1 heterocycles. The van der Waals surface area contributed by atoms with Crippen molar-refractivity contribution >= 4 is 40.0 Å². The monoisotopic (exact) mass is 420 g/mol. The van der Waals surface area contributed by atoms with E-state index in [2.05, 4.69) is 5.32 Å². The van der Waals surface area contributed by atoms with Crippen molar-refractivity contribution in [3.63, 3.8) is 0 Å². The van der Waals surface area contributed by atoms with E-state index in [9.17, 15) is 9.59 Å². The molecule has 154 valence electrons. The number of nitrogen functional groups attached to an aromatic ring is 1. The number of rotatable bonds is 6. The fourth-order valence-electron chi connectivity index (χ4n) is 2.91. The van der Waals surface area contributed by atoms with Crippen molar-refractivity contribution in [2.24, 2.45) is 0 Å². The summed E-state index contributed by atoms with van der Waals surface area (Å²) in [6.07, 6.45) is 3.12. The summed E-state index contributed by atoms with van der Waals surface area (Å²) in [5, 5.41) is 5.15. The van der Waals surface area contributed by atoms with E-state index in [1.165, 1.54) is 23.0 Å². The molecule has 6 heteroatoms. The fraction of sp³-hybridized carbons (Fsp3) is 0.167. The summed E-state index contributed by atoms with van der Waals surface area (Å²) in [7, 11) is 0. The van der Waals surface area contributed by atoms with E-state index >= 15 is 0 Å². The Balaban J connectivity index is 1.89. The molecule has 0 aliphatic heterocycles. The van der Waals surface area contributed by atoms with Crippen LogP contribution in [-0.2, 0) is 9.53 Å². The largest absolute Gasteiger partial charge is 0.462 e. The lowest BCUT2D eigenvalue weighted by molar-refractivity contribution is -0.111. The van der Waals surface area contributed by atoms with Crippen LogP contribution >= 0.6 is 11.3 Å². The van der Waals surface area contributed by atoms with Crippen molar-refractivity contribution in [2.75, 3.05) is 17.7 Å². The number of thiophene rings is 1. The molecule has 3 aromatic rings. The minimum absolute atomic E-state index is 0.255. The van der Waals surface area contributed by atoms with Crippen LogP contribution in [0.5, 0.6) is 0 Å². The van der Waals surface area contributed by atoms with Crippen LogP contribution in [-0.4, -0.2) is 18.5 Å². The van der Waals surface area contributed by atoms with Gasteiger partial charge in [-0.3, -0.25) is 4.79 Å². The lowest BCUT2D eigenvalue weighted by Crippen LogP contribution is -2.12. The van der Waals surface area contributed by atoms with Crippen molar-refractivity contribution in [3.05, 3.63) is 76.2 Å². The number of hydrogen-bond donors (Lipinski definition) is 2. The summed E-state index contributed by atoms with van der Waals surface area (Å²) in [6, 6.07) is 13.2. The summed E-state index contributed by atoms with van der Waals surface area (Å²) in [4.78, 5) is 25.1. The van der Waals surface area contributed by atoms with Crippen LogP contribution in [0.1, 0.15) is 34.0 Å². The van der Waals surface area contributed by atoms with Crippen LogP contribution in [0.2, 0.25) is 0 Å². The van der Waals surface area contributed by atoms with Gasteiger partial charge in [0.05, 0.1) is 6.61 Å². The SMILES string of the molecule is CCOC(=O)c1c(-c2ccc(C)c(C)c2)csc1NC(=O)/C=C/c1ccc(N)cc1. The van der Waals surface area contributed by atoms with E-state index in [0.717, 1.165) is 22.3 Å². The number of carbonyl (C=O) groups excluding carboxylic acids is 2. The van der Waals surface area contributed by atoms with E-state index in [1.54, 1.807) is 25.1 Å². The number of esters is 1. The Morgan fingerprint density at radius 3 is 2.50 bits per heavy atom. The molecule has 0 atom stereocenters. The maximum Gasteiger partial charge on any atom is 0.341 e. The highest BCUT2D eigenvalue weighted by atomic mass is 32.1. The molecule has 0 bridgehead atoms. The fourth-order valence-corrected chi connectivity index (χ4v) is 3.87. The molecule has 0 aliphatic carbocycles. The van der Waals surface area contributed by atoms with Crippen molar-refractivity contribution in [2.45, 2.75) is 20.8 Å². The van der Waals surface area contributed by atoms with E-state index in [0.29, 0.717) is 16.3 Å². The van der Waals surface area contributed by atoms with Gasteiger partial charge in [0.2, 0.25) is 5.91 Å². The van der Waals surface area contributed by atoms with Gasteiger partial charge >= 0.3 is 5.97 Å². The molecule has 1 aromatic heterocycles. The molecule has 30 heavy (non-hydrogen) atoms. The lowest BCUT2D eigenvalue weighted by atomic mass is 9.99. The third-order valence-electron chi connectivity index (χ3n) is 4.69. The number of anilines is 2. The summed E-state index contributed by atoms with van der Waals surface area (Å²) >= 11 is 1.30. The zero-order chi connectivity index (χ0) is 21.7. The quantitative estimate of drug-likeness (QED) is 0.316. The van der Waals surface area contributed by atoms with Gasteiger partial charge in [-0.2, -0.15) is 0 Å². The molecule has 0 fully saturated rings. The number of nitrogens with one attached hydrogen (secondary N) is 1. The maximum atomic E-state index is 12.7. The predicted molar refractivity (Wildman–Crippen MR) is 124 cm³/mol. The van der Waals surface area contributed by atoms with Gasteiger partial charge in [0.15, 0.2) is 0 Å². The van der Waals surface area contributed by atoms with Gasteiger partial charge in [-0.25, -0.2) is 4.79 Å². The Kier molecular flexibility index (Phi) is 6.69. The van der Waals surface area contributed by atoms with Gasteiger partial charge in [0.1, 0.15) is 10.6 Å². The Hall–Kier alpha value is -3.38. The van der Waals surface area contributed by atoms with Crippen LogP contribution in [0, 0.1) is 13.8 Å². The second kappa shape index (κ2) is 9.41. The molecule has 1 amide bonds. The van der Waals surface area contributed by atoms with Gasteiger partial charge in [0.25, 0.3) is 0 Å². The van der Waals surface area contributed by atoms with E-state index in [4.69, 9.17) is 10.5 Å².